The molecule has 0 aromatic carbocycles. The second kappa shape index (κ2) is 5.96. The Morgan fingerprint density at radius 3 is 2.72 bits per heavy atom. The molecule has 0 aliphatic heterocycles. The van der Waals surface area contributed by atoms with Gasteiger partial charge in [-0.05, 0) is 44.2 Å². The number of carbonyl (C=O) groups is 1. The van der Waals surface area contributed by atoms with Gasteiger partial charge < -0.3 is 0 Å². The molecule has 98 valence electrons. The molecule has 3 N–H and O–H groups in total. The van der Waals surface area contributed by atoms with Crippen LogP contribution in [0.3, 0.4) is 0 Å². The predicted octanol–water partition coefficient (Wildman–Crippen LogP) is 1.91. The highest BCUT2D eigenvalue weighted by Crippen LogP contribution is 2.34. The highest BCUT2D eigenvalue weighted by molar-refractivity contribution is 5.78. The quantitative estimate of drug-likeness (QED) is 0.487. The first-order valence-corrected chi connectivity index (χ1v) is 6.71. The van der Waals surface area contributed by atoms with Crippen LogP contribution in [0, 0.1) is 5.92 Å². The van der Waals surface area contributed by atoms with E-state index in [9.17, 15) is 4.79 Å². The highest BCUT2D eigenvalue weighted by Gasteiger charge is 2.27. The van der Waals surface area contributed by atoms with Crippen LogP contribution in [0.1, 0.15) is 49.9 Å². The Bertz CT molecular complexity index is 411. The molecule has 1 aliphatic rings. The molecule has 1 aliphatic carbocycles. The van der Waals surface area contributed by atoms with E-state index in [2.05, 4.69) is 35.5 Å². The number of aryl methyl sites for hydroxylation is 1. The lowest BCUT2D eigenvalue weighted by atomic mass is 9.80. The summed E-state index contributed by atoms with van der Waals surface area (Å²) in [6, 6.07) is 6.25. The van der Waals surface area contributed by atoms with E-state index >= 15 is 0 Å². The number of hydrogen-bond donors (Lipinski definition) is 2. The highest BCUT2D eigenvalue weighted by atomic mass is 16.2. The largest absolute Gasteiger partial charge is 0.294 e. The number of rotatable bonds is 3. The van der Waals surface area contributed by atoms with Gasteiger partial charge in [0.05, 0.1) is 0 Å². The number of hydrazine groups is 1. The summed E-state index contributed by atoms with van der Waals surface area (Å²) in [5.41, 5.74) is 4.58. The van der Waals surface area contributed by atoms with Gasteiger partial charge in [-0.2, -0.15) is 0 Å². The van der Waals surface area contributed by atoms with Crippen molar-refractivity contribution in [3.63, 3.8) is 0 Å². The summed E-state index contributed by atoms with van der Waals surface area (Å²) in [5, 5.41) is 0. The number of pyridine rings is 1. The van der Waals surface area contributed by atoms with Crippen LogP contribution < -0.4 is 11.3 Å². The average molecular weight is 247 g/mol. The maximum absolute atomic E-state index is 11.5. The van der Waals surface area contributed by atoms with Crippen LogP contribution in [-0.4, -0.2) is 10.9 Å². The third-order valence-corrected chi connectivity index (χ3v) is 3.85. The van der Waals surface area contributed by atoms with Crippen molar-refractivity contribution in [3.8, 4) is 0 Å². The van der Waals surface area contributed by atoms with E-state index in [0.717, 1.165) is 37.8 Å². The Morgan fingerprint density at radius 2 is 2.11 bits per heavy atom. The number of nitrogens with zero attached hydrogens (tertiary/aromatic N) is 1. The molecule has 0 spiro atoms. The summed E-state index contributed by atoms with van der Waals surface area (Å²) in [5.74, 6) is 5.73. The van der Waals surface area contributed by atoms with E-state index in [1.165, 1.54) is 5.69 Å². The number of nitrogens with one attached hydrogen (secondary N) is 1. The Hall–Kier alpha value is -1.42. The maximum atomic E-state index is 11.5. The monoisotopic (exact) mass is 247 g/mol. The summed E-state index contributed by atoms with van der Waals surface area (Å²) in [6.45, 7) is 2.12. The first-order chi connectivity index (χ1) is 8.74. The fourth-order valence-corrected chi connectivity index (χ4v) is 2.69. The van der Waals surface area contributed by atoms with Crippen molar-refractivity contribution >= 4 is 5.91 Å². The second-order valence-corrected chi connectivity index (χ2v) is 4.96. The number of nitrogens with two attached hydrogens (primary N) is 1. The lowest BCUT2D eigenvalue weighted by Gasteiger charge is -2.27. The summed E-state index contributed by atoms with van der Waals surface area (Å²) in [6.07, 6.45) is 4.84. The van der Waals surface area contributed by atoms with E-state index < -0.39 is 0 Å². The molecule has 1 aromatic heterocycles. The lowest BCUT2D eigenvalue weighted by molar-refractivity contribution is -0.126. The number of aromatic nitrogens is 1. The van der Waals surface area contributed by atoms with E-state index in [0.29, 0.717) is 5.92 Å². The SMILES string of the molecule is CCc1cccc([C@H]2CC[C@H](C(=O)NN)CC2)n1. The molecule has 0 bridgehead atoms. The first-order valence-electron chi connectivity index (χ1n) is 6.71. The topological polar surface area (TPSA) is 68.0 Å². The van der Waals surface area contributed by atoms with Crippen LogP contribution in [0.4, 0.5) is 0 Å². The van der Waals surface area contributed by atoms with Crippen molar-refractivity contribution in [2.45, 2.75) is 44.9 Å². The summed E-state index contributed by atoms with van der Waals surface area (Å²) < 4.78 is 0. The molecule has 2 rings (SSSR count). The Morgan fingerprint density at radius 1 is 1.39 bits per heavy atom. The summed E-state index contributed by atoms with van der Waals surface area (Å²) >= 11 is 0. The lowest BCUT2D eigenvalue weighted by Crippen LogP contribution is -2.37. The molecular weight excluding hydrogens is 226 g/mol. The second-order valence-electron chi connectivity index (χ2n) is 4.96. The Kier molecular flexibility index (Phi) is 4.31. The van der Waals surface area contributed by atoms with Crippen molar-refractivity contribution in [3.05, 3.63) is 29.6 Å². The van der Waals surface area contributed by atoms with Gasteiger partial charge in [0.15, 0.2) is 0 Å². The van der Waals surface area contributed by atoms with Gasteiger partial charge in [0.1, 0.15) is 0 Å². The Labute approximate surface area is 108 Å². The molecule has 4 nitrogen and oxygen atoms in total. The minimum atomic E-state index is -0.0243. The zero-order chi connectivity index (χ0) is 13.0. The molecule has 1 heterocycles. The van der Waals surface area contributed by atoms with Crippen LogP contribution in [0.15, 0.2) is 18.2 Å². The van der Waals surface area contributed by atoms with Crippen molar-refractivity contribution in [2.24, 2.45) is 11.8 Å². The fourth-order valence-electron chi connectivity index (χ4n) is 2.69. The van der Waals surface area contributed by atoms with E-state index in [1.54, 1.807) is 0 Å². The third kappa shape index (κ3) is 2.88. The molecule has 1 saturated carbocycles. The number of amides is 1. The van der Waals surface area contributed by atoms with Gasteiger partial charge in [-0.15, -0.1) is 0 Å². The molecule has 0 unspecified atom stereocenters. The minimum absolute atomic E-state index is 0.0243. The van der Waals surface area contributed by atoms with Crippen molar-refractivity contribution in [1.29, 1.82) is 0 Å². The van der Waals surface area contributed by atoms with Crippen LogP contribution in [-0.2, 0) is 11.2 Å². The van der Waals surface area contributed by atoms with Crippen molar-refractivity contribution in [1.82, 2.24) is 10.4 Å². The third-order valence-electron chi connectivity index (χ3n) is 3.85. The number of carbonyl (C=O) groups excluding carboxylic acids is 1. The molecule has 18 heavy (non-hydrogen) atoms. The van der Waals surface area contributed by atoms with Crippen LogP contribution in [0.5, 0.6) is 0 Å². The standard InChI is InChI=1S/C14H21N3O/c1-2-12-4-3-5-13(16-12)10-6-8-11(9-7-10)14(18)17-15/h3-5,10-11H,2,6-9,15H2,1H3,(H,17,18)/t10-,11-. The van der Waals surface area contributed by atoms with E-state index in [4.69, 9.17) is 5.84 Å². The normalized spacial score (nSPS) is 23.7. The maximum Gasteiger partial charge on any atom is 0.236 e. The predicted molar refractivity (Wildman–Crippen MR) is 70.6 cm³/mol. The molecule has 0 radical (unpaired) electrons. The number of hydrogen-bond acceptors (Lipinski definition) is 3. The fraction of sp³-hybridized carbons (Fsp3) is 0.571. The molecule has 4 heteroatoms. The first kappa shape index (κ1) is 13.0. The van der Waals surface area contributed by atoms with Gasteiger partial charge in [-0.3, -0.25) is 15.2 Å². The van der Waals surface area contributed by atoms with Gasteiger partial charge in [0.2, 0.25) is 5.91 Å². The van der Waals surface area contributed by atoms with Crippen LogP contribution in [0.25, 0.3) is 0 Å². The van der Waals surface area contributed by atoms with Gasteiger partial charge in [0.25, 0.3) is 0 Å². The zero-order valence-electron chi connectivity index (χ0n) is 10.9. The summed E-state index contributed by atoms with van der Waals surface area (Å²) in [4.78, 5) is 16.1. The summed E-state index contributed by atoms with van der Waals surface area (Å²) in [7, 11) is 0. The van der Waals surface area contributed by atoms with Crippen LogP contribution in [0.2, 0.25) is 0 Å². The van der Waals surface area contributed by atoms with Crippen molar-refractivity contribution < 1.29 is 4.79 Å². The van der Waals surface area contributed by atoms with Crippen LogP contribution >= 0.6 is 0 Å². The smallest absolute Gasteiger partial charge is 0.236 e. The molecule has 1 aromatic rings. The van der Waals surface area contributed by atoms with Gasteiger partial charge >= 0.3 is 0 Å². The van der Waals surface area contributed by atoms with E-state index in [-0.39, 0.29) is 11.8 Å². The molecule has 1 amide bonds. The molecule has 0 atom stereocenters. The van der Waals surface area contributed by atoms with Gasteiger partial charge in [-0.25, -0.2) is 5.84 Å². The Balaban J connectivity index is 1.98. The average Bonchev–Trinajstić information content (AvgIpc) is 2.46. The van der Waals surface area contributed by atoms with Gasteiger partial charge in [0, 0.05) is 23.2 Å². The zero-order valence-corrected chi connectivity index (χ0v) is 10.9. The molecule has 0 saturated heterocycles. The minimum Gasteiger partial charge on any atom is -0.294 e. The van der Waals surface area contributed by atoms with Gasteiger partial charge in [-0.1, -0.05) is 13.0 Å². The van der Waals surface area contributed by atoms with Crippen molar-refractivity contribution in [2.75, 3.05) is 0 Å². The molecule has 1 fully saturated rings. The molecular formula is C14H21N3O. The van der Waals surface area contributed by atoms with E-state index in [1.807, 2.05) is 0 Å².